The van der Waals surface area contributed by atoms with Crippen LogP contribution in [0.15, 0.2) is 24.3 Å². The number of piperidine rings is 1. The van der Waals surface area contributed by atoms with Crippen LogP contribution in [0.3, 0.4) is 0 Å². The molecule has 0 aliphatic carbocycles. The summed E-state index contributed by atoms with van der Waals surface area (Å²) in [5.74, 6) is 0.796. The Balaban J connectivity index is 1.91. The molecule has 2 heteroatoms. The fourth-order valence-electron chi connectivity index (χ4n) is 2.54. The van der Waals surface area contributed by atoms with Crippen LogP contribution in [-0.2, 0) is 0 Å². The molecule has 0 unspecified atom stereocenters. The maximum absolute atomic E-state index is 2.60. The van der Waals surface area contributed by atoms with Crippen LogP contribution in [-0.4, -0.2) is 24.5 Å². The highest BCUT2D eigenvalue weighted by atomic mass is 127. The lowest BCUT2D eigenvalue weighted by molar-refractivity contribution is 0.213. The fraction of sp³-hybridized carbons (Fsp3) is 0.571. The average molecular weight is 329 g/mol. The van der Waals surface area contributed by atoms with Crippen LogP contribution in [0.25, 0.3) is 0 Å². The van der Waals surface area contributed by atoms with E-state index in [1.807, 2.05) is 0 Å². The molecule has 1 fully saturated rings. The van der Waals surface area contributed by atoms with Gasteiger partial charge in [0.05, 0.1) is 0 Å². The molecular formula is C14H20IN. The summed E-state index contributed by atoms with van der Waals surface area (Å²) in [5, 5.41) is 0. The van der Waals surface area contributed by atoms with Gasteiger partial charge in [0.25, 0.3) is 0 Å². The van der Waals surface area contributed by atoms with Gasteiger partial charge in [-0.05, 0) is 85.1 Å². The Labute approximate surface area is 112 Å². The molecule has 2 rings (SSSR count). The molecule has 1 aromatic carbocycles. The number of nitrogens with zero attached hydrogens (tertiary/aromatic N) is 1. The molecule has 1 heterocycles. The van der Waals surface area contributed by atoms with E-state index in [1.165, 1.54) is 48.0 Å². The van der Waals surface area contributed by atoms with Gasteiger partial charge in [-0.25, -0.2) is 0 Å². The molecule has 0 radical (unpaired) electrons. The van der Waals surface area contributed by atoms with Gasteiger partial charge in [0.1, 0.15) is 0 Å². The average Bonchev–Trinajstić information content (AvgIpc) is 2.32. The smallest absolute Gasteiger partial charge is 0.0130 e. The Bertz CT molecular complexity index is 312. The van der Waals surface area contributed by atoms with Crippen LogP contribution >= 0.6 is 22.6 Å². The number of hydrogen-bond acceptors (Lipinski definition) is 1. The highest BCUT2D eigenvalue weighted by Gasteiger charge is 2.19. The second-order valence-corrected chi connectivity index (χ2v) is 5.91. The summed E-state index contributed by atoms with van der Waals surface area (Å²) in [7, 11) is 0. The Morgan fingerprint density at radius 3 is 2.38 bits per heavy atom. The van der Waals surface area contributed by atoms with E-state index >= 15 is 0 Å². The topological polar surface area (TPSA) is 3.24 Å². The van der Waals surface area contributed by atoms with Gasteiger partial charge in [0.15, 0.2) is 0 Å². The van der Waals surface area contributed by atoms with Gasteiger partial charge in [-0.3, -0.25) is 0 Å². The maximum atomic E-state index is 2.60. The molecule has 1 nitrogen and oxygen atoms in total. The minimum Gasteiger partial charge on any atom is -0.303 e. The van der Waals surface area contributed by atoms with Gasteiger partial charge in [0, 0.05) is 3.57 Å². The van der Waals surface area contributed by atoms with E-state index in [4.69, 9.17) is 0 Å². The van der Waals surface area contributed by atoms with Crippen molar-refractivity contribution in [3.8, 4) is 0 Å². The first kappa shape index (κ1) is 12.4. The monoisotopic (exact) mass is 329 g/mol. The van der Waals surface area contributed by atoms with E-state index < -0.39 is 0 Å². The third-order valence-electron chi connectivity index (χ3n) is 3.47. The van der Waals surface area contributed by atoms with Gasteiger partial charge in [-0.1, -0.05) is 19.1 Å². The third-order valence-corrected chi connectivity index (χ3v) is 4.19. The first-order chi connectivity index (χ1) is 7.79. The molecule has 0 aromatic heterocycles. The van der Waals surface area contributed by atoms with E-state index in [0.717, 1.165) is 5.92 Å². The van der Waals surface area contributed by atoms with E-state index in [2.05, 4.69) is 58.7 Å². The maximum Gasteiger partial charge on any atom is 0.0130 e. The molecule has 0 bridgehead atoms. The highest BCUT2D eigenvalue weighted by molar-refractivity contribution is 14.1. The molecule has 1 aliphatic heterocycles. The molecule has 0 spiro atoms. The number of halogens is 1. The number of rotatable bonds is 3. The molecular weight excluding hydrogens is 309 g/mol. The van der Waals surface area contributed by atoms with Crippen molar-refractivity contribution in [1.29, 1.82) is 0 Å². The van der Waals surface area contributed by atoms with Crippen LogP contribution in [0.4, 0.5) is 0 Å². The summed E-state index contributed by atoms with van der Waals surface area (Å²) in [6, 6.07) is 9.08. The van der Waals surface area contributed by atoms with E-state index in [-0.39, 0.29) is 0 Å². The van der Waals surface area contributed by atoms with Gasteiger partial charge in [0.2, 0.25) is 0 Å². The van der Waals surface area contributed by atoms with Crippen molar-refractivity contribution in [1.82, 2.24) is 4.90 Å². The summed E-state index contributed by atoms with van der Waals surface area (Å²) >= 11 is 2.37. The predicted octanol–water partition coefficient (Wildman–Crippen LogP) is 3.88. The van der Waals surface area contributed by atoms with Gasteiger partial charge in [-0.2, -0.15) is 0 Å². The lowest BCUT2D eigenvalue weighted by Crippen LogP contribution is -2.33. The lowest BCUT2D eigenvalue weighted by atomic mass is 9.89. The number of benzene rings is 1. The van der Waals surface area contributed by atoms with Crippen molar-refractivity contribution in [3.05, 3.63) is 33.4 Å². The SMILES string of the molecule is CCCN1CCC(c2ccc(I)cc2)CC1. The normalized spacial score (nSPS) is 18.9. The Kier molecular flexibility index (Phi) is 4.65. The fourth-order valence-corrected chi connectivity index (χ4v) is 2.90. The number of likely N-dealkylation sites (tertiary alicyclic amines) is 1. The largest absolute Gasteiger partial charge is 0.303 e. The quantitative estimate of drug-likeness (QED) is 0.761. The molecule has 0 amide bonds. The van der Waals surface area contributed by atoms with Crippen molar-refractivity contribution >= 4 is 22.6 Å². The highest BCUT2D eigenvalue weighted by Crippen LogP contribution is 2.28. The van der Waals surface area contributed by atoms with E-state index in [1.54, 1.807) is 0 Å². The molecule has 1 saturated heterocycles. The van der Waals surface area contributed by atoms with Gasteiger partial charge >= 0.3 is 0 Å². The predicted molar refractivity (Wildman–Crippen MR) is 77.9 cm³/mol. The molecule has 0 saturated carbocycles. The lowest BCUT2D eigenvalue weighted by Gasteiger charge is -2.31. The molecule has 1 aliphatic rings. The van der Waals surface area contributed by atoms with Crippen LogP contribution < -0.4 is 0 Å². The summed E-state index contributed by atoms with van der Waals surface area (Å²) in [6.07, 6.45) is 3.95. The van der Waals surface area contributed by atoms with Gasteiger partial charge < -0.3 is 4.90 Å². The first-order valence-corrected chi connectivity index (χ1v) is 7.35. The van der Waals surface area contributed by atoms with Crippen LogP contribution in [0.5, 0.6) is 0 Å². The van der Waals surface area contributed by atoms with Crippen LogP contribution in [0.1, 0.15) is 37.7 Å². The van der Waals surface area contributed by atoms with Crippen molar-refractivity contribution in [3.63, 3.8) is 0 Å². The first-order valence-electron chi connectivity index (χ1n) is 6.27. The summed E-state index contributed by atoms with van der Waals surface area (Å²) in [4.78, 5) is 2.60. The number of hydrogen-bond donors (Lipinski definition) is 0. The third kappa shape index (κ3) is 3.20. The van der Waals surface area contributed by atoms with Gasteiger partial charge in [-0.15, -0.1) is 0 Å². The van der Waals surface area contributed by atoms with E-state index in [0.29, 0.717) is 0 Å². The summed E-state index contributed by atoms with van der Waals surface area (Å²) in [6.45, 7) is 6.11. The molecule has 0 atom stereocenters. The van der Waals surface area contributed by atoms with Crippen molar-refractivity contribution < 1.29 is 0 Å². The molecule has 1 aromatic rings. The second-order valence-electron chi connectivity index (χ2n) is 4.67. The van der Waals surface area contributed by atoms with Crippen molar-refractivity contribution in [2.45, 2.75) is 32.1 Å². The Morgan fingerprint density at radius 2 is 1.81 bits per heavy atom. The zero-order valence-electron chi connectivity index (χ0n) is 9.95. The van der Waals surface area contributed by atoms with E-state index in [9.17, 15) is 0 Å². The standard InChI is InChI=1S/C14H20IN/c1-2-9-16-10-7-13(8-11-16)12-3-5-14(15)6-4-12/h3-6,13H,2,7-11H2,1H3. The zero-order chi connectivity index (χ0) is 11.4. The molecule has 88 valence electrons. The molecule has 16 heavy (non-hydrogen) atoms. The Morgan fingerprint density at radius 1 is 1.19 bits per heavy atom. The second kappa shape index (κ2) is 6.01. The van der Waals surface area contributed by atoms with Crippen LogP contribution in [0, 0.1) is 3.57 Å². The Hall–Kier alpha value is -0.0900. The summed E-state index contributed by atoms with van der Waals surface area (Å²) < 4.78 is 1.34. The molecule has 0 N–H and O–H groups in total. The van der Waals surface area contributed by atoms with Crippen LogP contribution in [0.2, 0.25) is 0 Å². The minimum atomic E-state index is 0.796. The minimum absolute atomic E-state index is 0.796. The van der Waals surface area contributed by atoms with Crippen molar-refractivity contribution in [2.24, 2.45) is 0 Å². The summed E-state index contributed by atoms with van der Waals surface area (Å²) in [5.41, 5.74) is 1.54. The van der Waals surface area contributed by atoms with Crippen molar-refractivity contribution in [2.75, 3.05) is 19.6 Å². The zero-order valence-corrected chi connectivity index (χ0v) is 12.1.